The number of amides is 1. The molecule has 32 heavy (non-hydrogen) atoms. The molecule has 1 aliphatic carbocycles. The van der Waals surface area contributed by atoms with Crippen LogP contribution < -0.4 is 0 Å². The van der Waals surface area contributed by atoms with Crippen molar-refractivity contribution in [3.8, 4) is 11.1 Å². The van der Waals surface area contributed by atoms with Crippen LogP contribution in [0.5, 0.6) is 0 Å². The van der Waals surface area contributed by atoms with Gasteiger partial charge in [0, 0.05) is 12.5 Å². The van der Waals surface area contributed by atoms with E-state index in [9.17, 15) is 9.59 Å². The van der Waals surface area contributed by atoms with Gasteiger partial charge in [0.25, 0.3) is 5.78 Å². The van der Waals surface area contributed by atoms with Gasteiger partial charge in [0.15, 0.2) is 0 Å². The smallest absolute Gasteiger partial charge is 0.410 e. The minimum absolute atomic E-state index is 0.0587. The van der Waals surface area contributed by atoms with Gasteiger partial charge in [-0.2, -0.15) is 4.79 Å². The van der Waals surface area contributed by atoms with Crippen molar-refractivity contribution in [3.63, 3.8) is 0 Å². The number of nitrogens with zero attached hydrogens (tertiary/aromatic N) is 3. The van der Waals surface area contributed by atoms with Crippen LogP contribution in [0.25, 0.3) is 16.7 Å². The van der Waals surface area contributed by atoms with Gasteiger partial charge >= 0.3 is 12.3 Å². The van der Waals surface area contributed by atoms with E-state index in [4.69, 9.17) is 10.3 Å². The standard InChI is InChI=1S/C26H21N3O3/c27-28-15-24(30)25-18-8-2-1-7-17(18)13-14-29(25)26(31)32-16-23-21-11-5-3-9-19(21)20-10-4-6-12-22(20)23/h1-12,15,23,25H,13-14,16H2/t25-/m1/s1. The van der Waals surface area contributed by atoms with Gasteiger partial charge in [-0.05, 0) is 39.8 Å². The largest absolute Gasteiger partial charge is 0.448 e. The highest BCUT2D eigenvalue weighted by Gasteiger charge is 2.38. The number of benzene rings is 3. The number of carbonyl (C=O) groups is 2. The molecule has 0 radical (unpaired) electrons. The van der Waals surface area contributed by atoms with Crippen LogP contribution in [-0.4, -0.2) is 40.9 Å². The maximum atomic E-state index is 13.2. The first-order valence-corrected chi connectivity index (χ1v) is 10.6. The molecule has 1 atom stereocenters. The third kappa shape index (κ3) is 3.31. The summed E-state index contributed by atoms with van der Waals surface area (Å²) in [5, 5.41) is 0. The molecule has 0 N–H and O–H groups in total. The number of hydrogen-bond donors (Lipinski definition) is 0. The Morgan fingerprint density at radius 1 is 0.938 bits per heavy atom. The van der Waals surface area contributed by atoms with E-state index in [1.54, 1.807) is 0 Å². The molecule has 1 amide bonds. The minimum Gasteiger partial charge on any atom is -0.448 e. The van der Waals surface area contributed by atoms with E-state index < -0.39 is 17.9 Å². The SMILES string of the molecule is [N-]=[N+]=CC(=O)[C@H]1c2ccccc2CCN1C(=O)OCC1c2ccccc2-c2ccccc21. The number of carbonyl (C=O) groups excluding carboxylic acids is 2. The number of fused-ring (bicyclic) bond motifs is 4. The van der Waals surface area contributed by atoms with Gasteiger partial charge in [0.1, 0.15) is 12.6 Å². The zero-order valence-corrected chi connectivity index (χ0v) is 17.3. The topological polar surface area (TPSA) is 83.0 Å². The number of Topliss-reactive ketones (excluding diaryl/α,β-unsaturated/α-hetero) is 1. The van der Waals surface area contributed by atoms with Gasteiger partial charge in [-0.15, -0.1) is 0 Å². The molecular formula is C26H21N3O3. The molecule has 2 aliphatic rings. The van der Waals surface area contributed by atoms with Crippen molar-refractivity contribution < 1.29 is 19.1 Å². The van der Waals surface area contributed by atoms with Crippen LogP contribution in [0, 0.1) is 0 Å². The Labute approximate surface area is 185 Å². The van der Waals surface area contributed by atoms with Crippen molar-refractivity contribution in [1.29, 1.82) is 0 Å². The van der Waals surface area contributed by atoms with E-state index in [-0.39, 0.29) is 12.5 Å². The average Bonchev–Trinajstić information content (AvgIpc) is 3.15. The molecule has 0 aromatic heterocycles. The average molecular weight is 423 g/mol. The van der Waals surface area contributed by atoms with Gasteiger partial charge in [-0.1, -0.05) is 72.8 Å². The lowest BCUT2D eigenvalue weighted by molar-refractivity contribution is -0.121. The Bertz CT molecular complexity index is 1220. The zero-order chi connectivity index (χ0) is 22.1. The third-order valence-corrected chi connectivity index (χ3v) is 6.31. The van der Waals surface area contributed by atoms with Crippen LogP contribution in [0.2, 0.25) is 0 Å². The van der Waals surface area contributed by atoms with Crippen molar-refractivity contribution in [1.82, 2.24) is 4.90 Å². The van der Waals surface area contributed by atoms with Gasteiger partial charge < -0.3 is 10.3 Å². The van der Waals surface area contributed by atoms with Crippen molar-refractivity contribution in [2.24, 2.45) is 0 Å². The second kappa shape index (κ2) is 8.25. The van der Waals surface area contributed by atoms with Crippen LogP contribution in [0.3, 0.4) is 0 Å². The Hall–Kier alpha value is -4.02. The highest BCUT2D eigenvalue weighted by atomic mass is 16.6. The number of ketones is 1. The van der Waals surface area contributed by atoms with Crippen molar-refractivity contribution in [2.75, 3.05) is 13.2 Å². The molecule has 1 aliphatic heterocycles. The first-order chi connectivity index (χ1) is 15.7. The van der Waals surface area contributed by atoms with E-state index in [1.165, 1.54) is 4.90 Å². The monoisotopic (exact) mass is 423 g/mol. The molecule has 0 saturated heterocycles. The van der Waals surface area contributed by atoms with E-state index in [2.05, 4.69) is 29.1 Å². The predicted octanol–water partition coefficient (Wildman–Crippen LogP) is 4.40. The second-order valence-corrected chi connectivity index (χ2v) is 8.00. The summed E-state index contributed by atoms with van der Waals surface area (Å²) in [6, 6.07) is 22.9. The van der Waals surface area contributed by atoms with Crippen molar-refractivity contribution in [3.05, 3.63) is 101 Å². The Morgan fingerprint density at radius 3 is 2.19 bits per heavy atom. The number of rotatable bonds is 4. The summed E-state index contributed by atoms with van der Waals surface area (Å²) >= 11 is 0. The van der Waals surface area contributed by atoms with E-state index >= 15 is 0 Å². The predicted molar refractivity (Wildman–Crippen MR) is 119 cm³/mol. The summed E-state index contributed by atoms with van der Waals surface area (Å²) in [4.78, 5) is 30.2. The fourth-order valence-electron chi connectivity index (χ4n) is 4.87. The molecule has 0 saturated carbocycles. The molecule has 6 heteroatoms. The molecule has 3 aromatic carbocycles. The first-order valence-electron chi connectivity index (χ1n) is 10.6. The summed E-state index contributed by atoms with van der Waals surface area (Å²) in [6.07, 6.45) is 0.919. The van der Waals surface area contributed by atoms with Gasteiger partial charge in [0.05, 0.1) is 0 Å². The molecule has 6 nitrogen and oxygen atoms in total. The zero-order valence-electron chi connectivity index (χ0n) is 17.3. The summed E-state index contributed by atoms with van der Waals surface area (Å²) in [5.74, 6) is -0.523. The van der Waals surface area contributed by atoms with Crippen LogP contribution in [0.1, 0.15) is 34.2 Å². The summed E-state index contributed by atoms with van der Waals surface area (Å²) in [7, 11) is 0. The second-order valence-electron chi connectivity index (χ2n) is 8.00. The van der Waals surface area contributed by atoms with Crippen LogP contribution in [0.15, 0.2) is 72.8 Å². The normalized spacial score (nSPS) is 16.4. The minimum atomic E-state index is -0.869. The Kier molecular flexibility index (Phi) is 5.13. The molecule has 0 bridgehead atoms. The summed E-state index contributed by atoms with van der Waals surface area (Å²) in [6.45, 7) is 0.531. The number of ether oxygens (including phenoxy) is 1. The van der Waals surface area contributed by atoms with E-state index in [0.29, 0.717) is 13.0 Å². The Morgan fingerprint density at radius 2 is 1.53 bits per heavy atom. The van der Waals surface area contributed by atoms with Crippen LogP contribution >= 0.6 is 0 Å². The van der Waals surface area contributed by atoms with E-state index in [1.807, 2.05) is 48.5 Å². The summed E-state index contributed by atoms with van der Waals surface area (Å²) < 4.78 is 5.78. The third-order valence-electron chi connectivity index (χ3n) is 6.31. The van der Waals surface area contributed by atoms with Gasteiger partial charge in [0.2, 0.25) is 0 Å². The lowest BCUT2D eigenvalue weighted by atomic mass is 9.90. The molecule has 0 unspecified atom stereocenters. The molecule has 0 spiro atoms. The quantitative estimate of drug-likeness (QED) is 0.354. The van der Waals surface area contributed by atoms with Crippen molar-refractivity contribution >= 4 is 18.1 Å². The fourth-order valence-corrected chi connectivity index (χ4v) is 4.87. The van der Waals surface area contributed by atoms with Crippen LogP contribution in [-0.2, 0) is 16.0 Å². The molecule has 3 aromatic rings. The Balaban J connectivity index is 1.40. The molecule has 1 heterocycles. The summed E-state index contributed by atoms with van der Waals surface area (Å²) in [5.41, 5.74) is 15.2. The maximum absolute atomic E-state index is 13.2. The van der Waals surface area contributed by atoms with Gasteiger partial charge in [-0.3, -0.25) is 9.69 Å². The first kappa shape index (κ1) is 19.9. The maximum Gasteiger partial charge on any atom is 0.410 e. The molecule has 5 rings (SSSR count). The van der Waals surface area contributed by atoms with Gasteiger partial charge in [-0.25, -0.2) is 4.79 Å². The highest BCUT2D eigenvalue weighted by Crippen LogP contribution is 2.44. The fraction of sp³-hybridized carbons (Fsp3) is 0.192. The van der Waals surface area contributed by atoms with E-state index in [0.717, 1.165) is 39.6 Å². The lowest BCUT2D eigenvalue weighted by Crippen LogP contribution is -2.44. The lowest BCUT2D eigenvalue weighted by Gasteiger charge is -2.34. The van der Waals surface area contributed by atoms with Crippen LogP contribution in [0.4, 0.5) is 4.79 Å². The molecule has 0 fully saturated rings. The van der Waals surface area contributed by atoms with Crippen molar-refractivity contribution in [2.45, 2.75) is 18.4 Å². The highest BCUT2D eigenvalue weighted by molar-refractivity contribution is 6.28. The molecular weight excluding hydrogens is 402 g/mol. The molecule has 158 valence electrons. The number of hydrogen-bond acceptors (Lipinski definition) is 3.